The summed E-state index contributed by atoms with van der Waals surface area (Å²) in [7, 11) is 4.26. The van der Waals surface area contributed by atoms with E-state index in [1.807, 2.05) is 0 Å². The van der Waals surface area contributed by atoms with Gasteiger partial charge in [-0.2, -0.15) is 0 Å². The first kappa shape index (κ1) is 9.32. The van der Waals surface area contributed by atoms with Gasteiger partial charge in [0, 0.05) is 13.1 Å². The highest BCUT2D eigenvalue weighted by Crippen LogP contribution is 2.12. The van der Waals surface area contributed by atoms with Crippen molar-refractivity contribution < 1.29 is 4.48 Å². The predicted molar refractivity (Wildman–Crippen MR) is 53.6 cm³/mol. The topological polar surface area (TPSA) is 3.24 Å². The highest BCUT2D eigenvalue weighted by molar-refractivity contribution is 8.10. The molecule has 4 heteroatoms. The minimum Gasteiger partial charge on any atom is -0.295 e. The van der Waals surface area contributed by atoms with E-state index in [9.17, 15) is 0 Å². The van der Waals surface area contributed by atoms with Crippen molar-refractivity contribution in [2.45, 2.75) is 0 Å². The molecule has 1 aliphatic rings. The van der Waals surface area contributed by atoms with Crippen LogP contribution in [0.5, 0.6) is 0 Å². The Kier molecular flexibility index (Phi) is 2.80. The lowest BCUT2D eigenvalue weighted by Crippen LogP contribution is -2.57. The molecule has 0 unspecified atom stereocenters. The fraction of sp³-hybridized carbons (Fsp3) is 0.857. The fourth-order valence-corrected chi connectivity index (χ4v) is 1.55. The van der Waals surface area contributed by atoms with Crippen LogP contribution in [-0.2, 0) is 0 Å². The van der Waals surface area contributed by atoms with Gasteiger partial charge in [-0.15, -0.1) is 0 Å². The molecule has 1 aliphatic heterocycles. The summed E-state index contributed by atoms with van der Waals surface area (Å²) in [5.41, 5.74) is 0. The maximum absolute atomic E-state index is 5.04. The van der Waals surface area contributed by atoms with Crippen LogP contribution in [0, 0.1) is 0 Å². The molecule has 0 aliphatic carbocycles. The number of hydrogen-bond acceptors (Lipinski definition) is 2. The monoisotopic (exact) mass is 190 g/mol. The van der Waals surface area contributed by atoms with Crippen molar-refractivity contribution in [1.29, 1.82) is 0 Å². The Morgan fingerprint density at radius 2 is 1.82 bits per heavy atom. The largest absolute Gasteiger partial charge is 0.295 e. The number of thiocarbonyl (C=S) groups is 1. The Bertz CT molecular complexity index is 162. The summed E-state index contributed by atoms with van der Waals surface area (Å²) in [5.74, 6) is 0. The summed E-state index contributed by atoms with van der Waals surface area (Å²) in [6.07, 6.45) is 0. The average molecular weight is 190 g/mol. The predicted octanol–water partition coefficient (Wildman–Crippen LogP) is 0.861. The molecule has 11 heavy (non-hydrogen) atoms. The molecule has 2 nitrogen and oxygen atoms in total. The molecule has 0 N–H and O–H groups in total. The second-order valence-corrected chi connectivity index (χ2v) is 4.44. The van der Waals surface area contributed by atoms with Gasteiger partial charge in [0.15, 0.2) is 0 Å². The van der Waals surface area contributed by atoms with Crippen LogP contribution in [0.4, 0.5) is 0 Å². The molecule has 0 aromatic heterocycles. The van der Waals surface area contributed by atoms with Gasteiger partial charge in [-0.05, 0) is 31.9 Å². The zero-order chi connectivity index (χ0) is 8.48. The van der Waals surface area contributed by atoms with Gasteiger partial charge in [0.25, 0.3) is 4.32 Å². The number of nitrogens with zero attached hydrogens (tertiary/aromatic N) is 2. The van der Waals surface area contributed by atoms with Crippen molar-refractivity contribution in [3.63, 3.8) is 0 Å². The van der Waals surface area contributed by atoms with Crippen LogP contribution in [0.25, 0.3) is 0 Å². The van der Waals surface area contributed by atoms with Gasteiger partial charge in [-0.3, -0.25) is 9.38 Å². The van der Waals surface area contributed by atoms with Gasteiger partial charge in [0.1, 0.15) is 0 Å². The van der Waals surface area contributed by atoms with E-state index in [0.717, 1.165) is 30.7 Å². The zero-order valence-electron chi connectivity index (χ0n) is 7.04. The van der Waals surface area contributed by atoms with Crippen molar-refractivity contribution in [2.24, 2.45) is 0 Å². The van der Waals surface area contributed by atoms with Gasteiger partial charge in [-0.25, -0.2) is 0 Å². The van der Waals surface area contributed by atoms with E-state index in [-0.39, 0.29) is 0 Å². The molecule has 0 spiro atoms. The van der Waals surface area contributed by atoms with Crippen molar-refractivity contribution in [3.05, 3.63) is 0 Å². The van der Waals surface area contributed by atoms with E-state index in [4.69, 9.17) is 24.8 Å². The van der Waals surface area contributed by atoms with Crippen molar-refractivity contribution in [1.82, 2.24) is 4.90 Å². The van der Waals surface area contributed by atoms with Crippen molar-refractivity contribution in [3.8, 4) is 0 Å². The molecule has 1 rings (SSSR count). The number of quaternary nitrogens is 1. The van der Waals surface area contributed by atoms with Gasteiger partial charge in [0.2, 0.25) is 0 Å². The molecular weight excluding hydrogens is 176 g/mol. The summed E-state index contributed by atoms with van der Waals surface area (Å²) < 4.78 is 1.51. The molecule has 1 heterocycles. The Balaban J connectivity index is 2.55. The first-order chi connectivity index (χ1) is 5.04. The van der Waals surface area contributed by atoms with E-state index in [1.165, 1.54) is 0 Å². The smallest absolute Gasteiger partial charge is 0.265 e. The normalized spacial score (nSPS) is 24.9. The highest BCUT2D eigenvalue weighted by atomic mass is 32.1. The molecule has 0 aromatic carbocycles. The van der Waals surface area contributed by atoms with Crippen LogP contribution in [0.15, 0.2) is 0 Å². The Morgan fingerprint density at radius 1 is 1.36 bits per heavy atom. The van der Waals surface area contributed by atoms with Crippen LogP contribution < -0.4 is 0 Å². The van der Waals surface area contributed by atoms with E-state index in [2.05, 4.69) is 19.0 Å². The molecule has 63 valence electrons. The maximum atomic E-state index is 5.04. The van der Waals surface area contributed by atoms with Crippen LogP contribution in [0.2, 0.25) is 0 Å². The lowest BCUT2D eigenvalue weighted by molar-refractivity contribution is -0.819. The van der Waals surface area contributed by atoms with Crippen molar-refractivity contribution >= 4 is 29.2 Å². The molecular formula is C7H14N2S2+. The van der Waals surface area contributed by atoms with Gasteiger partial charge < -0.3 is 0 Å². The number of piperazine rings is 1. The minimum absolute atomic E-state index is 0.707. The van der Waals surface area contributed by atoms with E-state index in [1.54, 1.807) is 0 Å². The number of likely N-dealkylation sites (N-methyl/N-ethyl adjacent to an activating group) is 2. The summed E-state index contributed by atoms with van der Waals surface area (Å²) in [4.78, 5) is 2.31. The Labute approximate surface area is 79.2 Å². The van der Waals surface area contributed by atoms with Crippen LogP contribution >= 0.6 is 24.8 Å². The molecule has 0 bridgehead atoms. The van der Waals surface area contributed by atoms with E-state index < -0.39 is 0 Å². The first-order valence-corrected chi connectivity index (χ1v) is 4.61. The fourth-order valence-electron chi connectivity index (χ4n) is 1.19. The summed E-state index contributed by atoms with van der Waals surface area (Å²) in [6, 6.07) is 0. The zero-order valence-corrected chi connectivity index (χ0v) is 8.67. The highest BCUT2D eigenvalue weighted by Gasteiger charge is 2.30. The molecule has 0 amide bonds. The third-order valence-corrected chi connectivity index (χ3v) is 3.27. The number of rotatable bonds is 0. The van der Waals surface area contributed by atoms with E-state index in [0.29, 0.717) is 4.32 Å². The summed E-state index contributed by atoms with van der Waals surface area (Å²) >= 11 is 10.1. The van der Waals surface area contributed by atoms with Crippen LogP contribution in [0.3, 0.4) is 0 Å². The molecule has 1 fully saturated rings. The molecule has 0 atom stereocenters. The van der Waals surface area contributed by atoms with Gasteiger partial charge in [0.05, 0.1) is 20.1 Å². The Hall–Kier alpha value is 0.230. The molecule has 1 radical (unpaired) electrons. The van der Waals surface area contributed by atoms with Crippen LogP contribution in [0.1, 0.15) is 0 Å². The quantitative estimate of drug-likeness (QED) is 0.412. The lowest BCUT2D eigenvalue weighted by atomic mass is 10.3. The van der Waals surface area contributed by atoms with Gasteiger partial charge in [-0.1, -0.05) is 0 Å². The minimum atomic E-state index is 0.707. The third kappa shape index (κ3) is 2.08. The standard InChI is InChI=1S/C7H14N2S2/c1-8-3-5-9(2,6-4-8)7(10)11/h3-6H2,1-2H3/q+1. The first-order valence-electron chi connectivity index (χ1n) is 3.79. The van der Waals surface area contributed by atoms with E-state index >= 15 is 0 Å². The molecule has 0 saturated carbocycles. The SMILES string of the molecule is CN1CC[N+](C)(C([S])=S)CC1. The average Bonchev–Trinajstić information content (AvgIpc) is 1.95. The molecule has 1 saturated heterocycles. The summed E-state index contributed by atoms with van der Waals surface area (Å²) in [6.45, 7) is 4.35. The second kappa shape index (κ2) is 3.31. The van der Waals surface area contributed by atoms with Crippen molar-refractivity contribution in [2.75, 3.05) is 40.3 Å². The molecule has 0 aromatic rings. The second-order valence-electron chi connectivity index (χ2n) is 3.41. The van der Waals surface area contributed by atoms with Crippen LogP contribution in [-0.4, -0.2) is 54.0 Å². The lowest BCUT2D eigenvalue weighted by Gasteiger charge is -2.38. The maximum Gasteiger partial charge on any atom is 0.265 e. The number of hydrogen-bond donors (Lipinski definition) is 0. The summed E-state index contributed by atoms with van der Waals surface area (Å²) in [5, 5.41) is 0. The Morgan fingerprint density at radius 3 is 2.18 bits per heavy atom. The van der Waals surface area contributed by atoms with Gasteiger partial charge >= 0.3 is 0 Å². The third-order valence-electron chi connectivity index (χ3n) is 2.39.